The molecular weight excluding hydrogens is 816 g/mol. The smallest absolute Gasteiger partial charge is 0.387 e. The van der Waals surface area contributed by atoms with Gasteiger partial charge >= 0.3 is 7.82 Å². The molecule has 0 aliphatic carbocycles. The maximum absolute atomic E-state index is 12.8. The number of carbonyl (C=O) groups is 1. The third kappa shape index (κ3) is 47.9. The molecule has 0 heterocycles. The minimum absolute atomic E-state index is 0.0600. The summed E-state index contributed by atoms with van der Waals surface area (Å²) >= 11 is 0. The highest BCUT2D eigenvalue weighted by Crippen LogP contribution is 2.43. The maximum atomic E-state index is 12.8. The molecule has 3 unspecified atom stereocenters. The molecule has 8 nitrogen and oxygen atoms in total. The fraction of sp³-hybridized carbons (Fsp3) is 0.764. The Morgan fingerprint density at radius 3 is 1.38 bits per heavy atom. The molecule has 0 saturated heterocycles. The lowest BCUT2D eigenvalue weighted by molar-refractivity contribution is -0.870. The molecule has 0 spiro atoms. The number of nitrogens with one attached hydrogen (secondary N) is 1. The van der Waals surface area contributed by atoms with Gasteiger partial charge in [-0.3, -0.25) is 13.8 Å². The van der Waals surface area contributed by atoms with Crippen LogP contribution in [0.25, 0.3) is 0 Å². The molecule has 3 atom stereocenters. The SMILES string of the molecule is CC/C=C\C/C=C\C/C=C\C/C=C\C/C=C\CCCCCCCCCCCCCCCCCCCCCCCC(=O)NC(COP(=O)(O)OCC[N+](C)(C)C)C(O)/C=C/CCCCC. The number of nitrogens with zero attached hydrogens (tertiary/aromatic N) is 1. The van der Waals surface area contributed by atoms with Gasteiger partial charge in [0.25, 0.3) is 0 Å². The maximum Gasteiger partial charge on any atom is 0.472 e. The largest absolute Gasteiger partial charge is 0.472 e. The number of aliphatic hydroxyl groups is 1. The molecule has 0 aromatic heterocycles. The first-order valence-electron chi connectivity index (χ1n) is 26.3. The van der Waals surface area contributed by atoms with Crippen molar-refractivity contribution in [1.82, 2.24) is 5.32 Å². The van der Waals surface area contributed by atoms with Crippen molar-refractivity contribution in [2.45, 2.75) is 231 Å². The quantitative estimate of drug-likeness (QED) is 0.0243. The summed E-state index contributed by atoms with van der Waals surface area (Å²) in [4.78, 5) is 23.0. The number of allylic oxidation sites excluding steroid dienone is 11. The number of likely N-dealkylation sites (N-methyl/N-ethyl adjacent to an activating group) is 1. The first-order chi connectivity index (χ1) is 31.0. The van der Waals surface area contributed by atoms with Gasteiger partial charge in [0.15, 0.2) is 0 Å². The molecule has 0 fully saturated rings. The lowest BCUT2D eigenvalue weighted by Gasteiger charge is -2.25. The van der Waals surface area contributed by atoms with Crippen LogP contribution in [0.4, 0.5) is 0 Å². The standard InChI is InChI=1S/C55H101N2O6P/c1-6-8-10-12-13-14-15-16-17-18-19-20-21-22-23-24-25-26-27-28-29-30-31-32-33-34-35-36-37-38-39-40-41-42-43-45-47-49-55(59)56-53(54(58)48-46-44-11-9-7-2)52-63-64(60,61)62-51-50-57(3,4)5/h8,10,13-14,16-17,19-20,22-23,46,48,53-54,58H,6-7,9,11-12,15,18,21,24-45,47,49-52H2,1-5H3,(H-,56,59,60,61)/p+1/b10-8-,14-13-,17-16-,20-19-,23-22-,48-46+. The van der Waals surface area contributed by atoms with Gasteiger partial charge in [0.05, 0.1) is 39.9 Å². The molecule has 0 aromatic rings. The van der Waals surface area contributed by atoms with Crippen LogP contribution in [0.2, 0.25) is 0 Å². The van der Waals surface area contributed by atoms with Crippen molar-refractivity contribution in [1.29, 1.82) is 0 Å². The summed E-state index contributed by atoms with van der Waals surface area (Å²) in [6.45, 7) is 4.58. The fourth-order valence-corrected chi connectivity index (χ4v) is 8.04. The molecule has 0 saturated carbocycles. The third-order valence-corrected chi connectivity index (χ3v) is 12.4. The van der Waals surface area contributed by atoms with E-state index in [0.717, 1.165) is 77.0 Å². The molecule has 64 heavy (non-hydrogen) atoms. The van der Waals surface area contributed by atoms with Crippen LogP contribution in [0.5, 0.6) is 0 Å². The molecule has 0 aromatic carbocycles. The van der Waals surface area contributed by atoms with Crippen LogP contribution in [0.1, 0.15) is 219 Å². The Kier molecular flexibility index (Phi) is 44.6. The Balaban J connectivity index is 3.76. The summed E-state index contributed by atoms with van der Waals surface area (Å²) in [5.74, 6) is -0.184. The minimum atomic E-state index is -4.32. The summed E-state index contributed by atoms with van der Waals surface area (Å²) in [7, 11) is 1.57. The van der Waals surface area contributed by atoms with Gasteiger partial charge in [-0.05, 0) is 64.2 Å². The normalized spacial score (nSPS) is 14.7. The summed E-state index contributed by atoms with van der Waals surface area (Å²) < 4.78 is 23.4. The van der Waals surface area contributed by atoms with Crippen LogP contribution in [0, 0.1) is 0 Å². The van der Waals surface area contributed by atoms with E-state index >= 15 is 0 Å². The van der Waals surface area contributed by atoms with Crippen molar-refractivity contribution in [2.75, 3.05) is 40.9 Å². The predicted molar refractivity (Wildman–Crippen MR) is 276 cm³/mol. The lowest BCUT2D eigenvalue weighted by Crippen LogP contribution is -2.45. The van der Waals surface area contributed by atoms with E-state index in [-0.39, 0.29) is 19.1 Å². The van der Waals surface area contributed by atoms with Crippen LogP contribution in [-0.4, -0.2) is 73.4 Å². The van der Waals surface area contributed by atoms with Crippen molar-refractivity contribution in [3.8, 4) is 0 Å². The number of carbonyl (C=O) groups excluding carboxylic acids is 1. The molecular formula is C55H102N2O6P+. The summed E-state index contributed by atoms with van der Waals surface area (Å²) in [5, 5.41) is 13.6. The highest BCUT2D eigenvalue weighted by Gasteiger charge is 2.27. The zero-order valence-corrected chi connectivity index (χ0v) is 43.1. The first kappa shape index (κ1) is 61.9. The Hall–Kier alpha value is -2.06. The van der Waals surface area contributed by atoms with Crippen LogP contribution in [-0.2, 0) is 18.4 Å². The van der Waals surface area contributed by atoms with E-state index in [0.29, 0.717) is 17.4 Å². The number of amides is 1. The number of hydrogen-bond donors (Lipinski definition) is 3. The summed E-state index contributed by atoms with van der Waals surface area (Å²) in [6, 6.07) is -0.842. The Morgan fingerprint density at radius 2 is 0.938 bits per heavy atom. The van der Waals surface area contributed by atoms with Gasteiger partial charge < -0.3 is 19.8 Å². The molecule has 3 N–H and O–H groups in total. The van der Waals surface area contributed by atoms with Crippen molar-refractivity contribution < 1.29 is 32.9 Å². The van der Waals surface area contributed by atoms with Gasteiger partial charge in [0.2, 0.25) is 5.91 Å². The van der Waals surface area contributed by atoms with Gasteiger partial charge in [-0.25, -0.2) is 4.57 Å². The average molecular weight is 918 g/mol. The number of phosphoric acid groups is 1. The van der Waals surface area contributed by atoms with E-state index in [4.69, 9.17) is 9.05 Å². The number of unbranched alkanes of at least 4 members (excludes halogenated alkanes) is 24. The van der Waals surface area contributed by atoms with Crippen LogP contribution in [0.3, 0.4) is 0 Å². The molecule has 1 amide bonds. The number of phosphoric ester groups is 1. The van der Waals surface area contributed by atoms with E-state index in [1.807, 2.05) is 27.2 Å². The lowest BCUT2D eigenvalue weighted by atomic mass is 10.0. The van der Waals surface area contributed by atoms with E-state index < -0.39 is 20.0 Å². The second kappa shape index (κ2) is 46.1. The van der Waals surface area contributed by atoms with E-state index in [9.17, 15) is 19.4 Å². The summed E-state index contributed by atoms with van der Waals surface area (Å²) in [6.07, 6.45) is 63.5. The zero-order chi connectivity index (χ0) is 47.1. The van der Waals surface area contributed by atoms with Gasteiger partial charge in [0, 0.05) is 6.42 Å². The van der Waals surface area contributed by atoms with Gasteiger partial charge in [0.1, 0.15) is 13.2 Å². The van der Waals surface area contributed by atoms with Gasteiger partial charge in [-0.1, -0.05) is 222 Å². The number of aliphatic hydroxyl groups excluding tert-OH is 1. The van der Waals surface area contributed by atoms with E-state index in [1.165, 1.54) is 122 Å². The van der Waals surface area contributed by atoms with Crippen molar-refractivity contribution in [3.05, 3.63) is 72.9 Å². The third-order valence-electron chi connectivity index (χ3n) is 11.4. The fourth-order valence-electron chi connectivity index (χ4n) is 7.30. The van der Waals surface area contributed by atoms with Gasteiger partial charge in [-0.2, -0.15) is 0 Å². The summed E-state index contributed by atoms with van der Waals surface area (Å²) in [5.41, 5.74) is 0. The van der Waals surface area contributed by atoms with Crippen LogP contribution >= 0.6 is 7.82 Å². The molecule has 0 radical (unpaired) electrons. The highest BCUT2D eigenvalue weighted by atomic mass is 31.2. The molecule has 0 rings (SSSR count). The van der Waals surface area contributed by atoms with Crippen molar-refractivity contribution in [3.63, 3.8) is 0 Å². The molecule has 0 aliphatic rings. The molecule has 372 valence electrons. The van der Waals surface area contributed by atoms with E-state index in [2.05, 4.69) is 79.9 Å². The molecule has 0 bridgehead atoms. The first-order valence-corrected chi connectivity index (χ1v) is 27.8. The van der Waals surface area contributed by atoms with Crippen LogP contribution < -0.4 is 5.32 Å². The second-order valence-corrected chi connectivity index (χ2v) is 20.3. The molecule has 9 heteroatoms. The monoisotopic (exact) mass is 918 g/mol. The van der Waals surface area contributed by atoms with E-state index in [1.54, 1.807) is 6.08 Å². The highest BCUT2D eigenvalue weighted by molar-refractivity contribution is 7.47. The van der Waals surface area contributed by atoms with Crippen molar-refractivity contribution >= 4 is 13.7 Å². The topological polar surface area (TPSA) is 105 Å². The van der Waals surface area contributed by atoms with Gasteiger partial charge in [-0.15, -0.1) is 0 Å². The molecule has 0 aliphatic heterocycles. The number of rotatable bonds is 47. The zero-order valence-electron chi connectivity index (χ0n) is 42.3. The Labute approximate surface area is 395 Å². The number of hydrogen-bond acceptors (Lipinski definition) is 5. The number of quaternary nitrogens is 1. The Morgan fingerprint density at radius 1 is 0.547 bits per heavy atom. The van der Waals surface area contributed by atoms with Crippen LogP contribution in [0.15, 0.2) is 72.9 Å². The predicted octanol–water partition coefficient (Wildman–Crippen LogP) is 15.5. The second-order valence-electron chi connectivity index (χ2n) is 18.9. The Bertz CT molecular complexity index is 1270. The van der Waals surface area contributed by atoms with Crippen molar-refractivity contribution in [2.24, 2.45) is 0 Å². The minimum Gasteiger partial charge on any atom is -0.387 e. The average Bonchev–Trinajstić information content (AvgIpc) is 3.25.